The lowest BCUT2D eigenvalue weighted by Gasteiger charge is -2.44. The number of likely N-dealkylation sites (tertiary alicyclic amines) is 1. The van der Waals surface area contributed by atoms with Gasteiger partial charge in [0.05, 0.1) is 21.7 Å². The molecule has 37 heavy (non-hydrogen) atoms. The molecular weight excluding hydrogens is 497 g/mol. The Labute approximate surface area is 219 Å². The van der Waals surface area contributed by atoms with Crippen molar-refractivity contribution in [2.24, 2.45) is 0 Å². The van der Waals surface area contributed by atoms with Crippen molar-refractivity contribution in [3.05, 3.63) is 70.1 Å². The number of ketones is 1. The van der Waals surface area contributed by atoms with Crippen LogP contribution < -0.4 is 5.84 Å². The standard InChI is InChI=1S/C27H29ClFN5O3/c1-16-13-33(17(2)12-32(16)14-18-4-6-19(29)7-5-18)26(36)21-10-20-22(15-34(30)24(20)11-23(21)28)25(35)27(37)31-8-3-9-31/h4-7,10-11,15-17H,3,8-9,12-14,30H2,1-2H3/t16-,17+/m0/s1. The Morgan fingerprint density at radius 1 is 1.03 bits per heavy atom. The number of hydrogen-bond donors (Lipinski definition) is 1. The molecule has 0 bridgehead atoms. The summed E-state index contributed by atoms with van der Waals surface area (Å²) in [5, 5.41) is 0.647. The molecule has 2 N–H and O–H groups in total. The van der Waals surface area contributed by atoms with Gasteiger partial charge in [-0.3, -0.25) is 24.0 Å². The molecule has 2 fully saturated rings. The van der Waals surface area contributed by atoms with Crippen LogP contribution in [0.3, 0.4) is 0 Å². The first kappa shape index (κ1) is 25.2. The van der Waals surface area contributed by atoms with Crippen LogP contribution >= 0.6 is 11.6 Å². The molecule has 2 amide bonds. The Bertz CT molecular complexity index is 1380. The highest BCUT2D eigenvalue weighted by Gasteiger charge is 2.34. The third-order valence-corrected chi connectivity index (χ3v) is 7.72. The molecule has 0 radical (unpaired) electrons. The third-order valence-electron chi connectivity index (χ3n) is 7.41. The Morgan fingerprint density at radius 3 is 2.38 bits per heavy atom. The predicted octanol–water partition coefficient (Wildman–Crippen LogP) is 3.30. The summed E-state index contributed by atoms with van der Waals surface area (Å²) in [6.45, 7) is 6.92. The number of carbonyl (C=O) groups is 3. The number of benzene rings is 2. The number of amides is 2. The van der Waals surface area contributed by atoms with E-state index in [0.717, 1.165) is 12.0 Å². The minimum atomic E-state index is -0.647. The van der Waals surface area contributed by atoms with Gasteiger partial charge in [-0.15, -0.1) is 0 Å². The lowest BCUT2D eigenvalue weighted by Crippen LogP contribution is -2.57. The molecule has 2 atom stereocenters. The molecule has 0 saturated carbocycles. The summed E-state index contributed by atoms with van der Waals surface area (Å²) in [4.78, 5) is 44.8. The van der Waals surface area contributed by atoms with Crippen LogP contribution in [0.5, 0.6) is 0 Å². The van der Waals surface area contributed by atoms with E-state index < -0.39 is 11.7 Å². The molecule has 3 aromatic rings. The maximum atomic E-state index is 13.7. The van der Waals surface area contributed by atoms with Crippen LogP contribution in [0.25, 0.3) is 10.9 Å². The highest BCUT2D eigenvalue weighted by molar-refractivity contribution is 6.45. The van der Waals surface area contributed by atoms with Gasteiger partial charge in [-0.05, 0) is 50.1 Å². The summed E-state index contributed by atoms with van der Waals surface area (Å²) in [5.74, 6) is 4.33. The average molecular weight is 526 g/mol. The molecule has 0 spiro atoms. The second-order valence-corrected chi connectivity index (χ2v) is 10.4. The first-order valence-electron chi connectivity index (χ1n) is 12.4. The van der Waals surface area contributed by atoms with Gasteiger partial charge in [-0.2, -0.15) is 0 Å². The molecule has 2 aliphatic rings. The number of nitrogens with zero attached hydrogens (tertiary/aromatic N) is 4. The highest BCUT2D eigenvalue weighted by Crippen LogP contribution is 2.30. The lowest BCUT2D eigenvalue weighted by atomic mass is 10.0. The number of piperazine rings is 1. The first-order chi connectivity index (χ1) is 17.6. The van der Waals surface area contributed by atoms with Crippen molar-refractivity contribution >= 4 is 40.1 Å². The third kappa shape index (κ3) is 4.69. The Balaban J connectivity index is 1.39. The maximum absolute atomic E-state index is 13.7. The quantitative estimate of drug-likeness (QED) is 0.313. The smallest absolute Gasteiger partial charge is 0.295 e. The number of rotatable bonds is 5. The number of Topliss-reactive ketones (excluding diaryl/α,β-unsaturated/α-hetero) is 1. The minimum absolute atomic E-state index is 0.0594. The Hall–Kier alpha value is -3.43. The Morgan fingerprint density at radius 2 is 1.73 bits per heavy atom. The number of aromatic nitrogens is 1. The Kier molecular flexibility index (Phi) is 6.68. The van der Waals surface area contributed by atoms with Gasteiger partial charge in [0.15, 0.2) is 0 Å². The summed E-state index contributed by atoms with van der Waals surface area (Å²) in [6, 6.07) is 9.53. The van der Waals surface area contributed by atoms with E-state index in [9.17, 15) is 18.8 Å². The number of fused-ring (bicyclic) bond motifs is 1. The SMILES string of the molecule is C[C@@H]1CN(Cc2ccc(F)cc2)[C@@H](C)CN1C(=O)c1cc2c(C(=O)C(=O)N3CCC3)cn(N)c2cc1Cl. The van der Waals surface area contributed by atoms with E-state index in [1.807, 2.05) is 13.8 Å². The van der Waals surface area contributed by atoms with Crippen LogP contribution in [0.1, 0.15) is 46.5 Å². The summed E-state index contributed by atoms with van der Waals surface area (Å²) < 4.78 is 14.5. The normalized spacial score (nSPS) is 20.2. The van der Waals surface area contributed by atoms with E-state index in [4.69, 9.17) is 17.4 Å². The van der Waals surface area contributed by atoms with Gasteiger partial charge in [0, 0.05) is 56.4 Å². The van der Waals surface area contributed by atoms with Crippen molar-refractivity contribution in [3.63, 3.8) is 0 Å². The number of nitrogens with two attached hydrogens (primary N) is 1. The van der Waals surface area contributed by atoms with Crippen LogP contribution in [0.15, 0.2) is 42.6 Å². The van der Waals surface area contributed by atoms with Crippen LogP contribution in [0, 0.1) is 5.82 Å². The van der Waals surface area contributed by atoms with Crippen molar-refractivity contribution in [3.8, 4) is 0 Å². The zero-order valence-corrected chi connectivity index (χ0v) is 21.5. The van der Waals surface area contributed by atoms with Gasteiger partial charge < -0.3 is 15.6 Å². The molecule has 0 aliphatic carbocycles. The van der Waals surface area contributed by atoms with Crippen molar-refractivity contribution in [2.75, 3.05) is 32.0 Å². The molecule has 0 unspecified atom stereocenters. The topological polar surface area (TPSA) is 91.9 Å². The fourth-order valence-corrected chi connectivity index (χ4v) is 5.31. The largest absolute Gasteiger partial charge is 0.339 e. The molecule has 2 aromatic carbocycles. The zero-order valence-electron chi connectivity index (χ0n) is 20.8. The van der Waals surface area contributed by atoms with E-state index in [-0.39, 0.29) is 40.0 Å². The van der Waals surface area contributed by atoms with Crippen LogP contribution in [0.4, 0.5) is 4.39 Å². The lowest BCUT2D eigenvalue weighted by molar-refractivity contribution is -0.129. The van der Waals surface area contributed by atoms with Gasteiger partial charge in [-0.1, -0.05) is 23.7 Å². The molecule has 194 valence electrons. The maximum Gasteiger partial charge on any atom is 0.295 e. The zero-order chi connectivity index (χ0) is 26.4. The fourth-order valence-electron chi connectivity index (χ4n) is 5.07. The van der Waals surface area contributed by atoms with Crippen molar-refractivity contribution < 1.29 is 18.8 Å². The second-order valence-electron chi connectivity index (χ2n) is 9.99. The molecule has 1 aromatic heterocycles. The summed E-state index contributed by atoms with van der Waals surface area (Å²) in [5.41, 5.74) is 1.89. The van der Waals surface area contributed by atoms with Gasteiger partial charge in [0.1, 0.15) is 5.82 Å². The van der Waals surface area contributed by atoms with Crippen molar-refractivity contribution in [1.82, 2.24) is 19.4 Å². The van der Waals surface area contributed by atoms with Crippen LogP contribution in [-0.4, -0.2) is 75.2 Å². The monoisotopic (exact) mass is 525 g/mol. The number of carbonyl (C=O) groups excluding carboxylic acids is 3. The van der Waals surface area contributed by atoms with Crippen LogP contribution in [0.2, 0.25) is 5.02 Å². The fraction of sp³-hybridized carbons (Fsp3) is 0.370. The predicted molar refractivity (Wildman–Crippen MR) is 139 cm³/mol. The van der Waals surface area contributed by atoms with Crippen LogP contribution in [-0.2, 0) is 11.3 Å². The summed E-state index contributed by atoms with van der Waals surface area (Å²) in [7, 11) is 0. The van der Waals surface area contributed by atoms with Crippen molar-refractivity contribution in [1.29, 1.82) is 0 Å². The summed E-state index contributed by atoms with van der Waals surface area (Å²) in [6.07, 6.45) is 2.29. The second kappa shape index (κ2) is 9.79. The molecular formula is C27H29ClFN5O3. The summed E-state index contributed by atoms with van der Waals surface area (Å²) >= 11 is 6.54. The van der Waals surface area contributed by atoms with Gasteiger partial charge in [0.2, 0.25) is 0 Å². The van der Waals surface area contributed by atoms with E-state index in [1.54, 1.807) is 29.2 Å². The van der Waals surface area contributed by atoms with Gasteiger partial charge >= 0.3 is 0 Å². The molecule has 2 saturated heterocycles. The first-order valence-corrected chi connectivity index (χ1v) is 12.7. The van der Waals surface area contributed by atoms with Gasteiger partial charge in [-0.25, -0.2) is 4.39 Å². The van der Waals surface area contributed by atoms with Gasteiger partial charge in [0.25, 0.3) is 17.6 Å². The molecule has 8 nitrogen and oxygen atoms in total. The number of nitrogen functional groups attached to an aromatic ring is 1. The molecule has 2 aliphatic heterocycles. The minimum Gasteiger partial charge on any atom is -0.339 e. The number of hydrogen-bond acceptors (Lipinski definition) is 5. The molecule has 5 rings (SSSR count). The molecule has 3 heterocycles. The number of halogens is 2. The van der Waals surface area contributed by atoms with E-state index >= 15 is 0 Å². The average Bonchev–Trinajstić information content (AvgIpc) is 3.15. The van der Waals surface area contributed by atoms with E-state index in [2.05, 4.69) is 4.90 Å². The molecule has 10 heteroatoms. The van der Waals surface area contributed by atoms with Crippen molar-refractivity contribution in [2.45, 2.75) is 38.9 Å². The van der Waals surface area contributed by atoms with E-state index in [0.29, 0.717) is 43.6 Å². The highest BCUT2D eigenvalue weighted by atomic mass is 35.5. The van der Waals surface area contributed by atoms with E-state index in [1.165, 1.54) is 27.9 Å².